The average Bonchev–Trinajstić information content (AvgIpc) is 3.51. The Balaban J connectivity index is 1.04. The summed E-state index contributed by atoms with van der Waals surface area (Å²) in [5.74, 6) is 0.0372. The number of hydrogen-bond acceptors (Lipinski definition) is 5. The Morgan fingerprint density at radius 2 is 1.44 bits per heavy atom. The third-order valence-electron chi connectivity index (χ3n) is 6.50. The second-order valence-electron chi connectivity index (χ2n) is 8.45. The number of nitrogens with zero attached hydrogens (tertiary/aromatic N) is 2. The molecule has 2 fully saturated rings. The van der Waals surface area contributed by atoms with Crippen molar-refractivity contribution in [3.63, 3.8) is 0 Å². The Labute approximate surface area is 187 Å². The number of carbonyl (C=O) groups is 2. The summed E-state index contributed by atoms with van der Waals surface area (Å²) >= 11 is 0. The van der Waals surface area contributed by atoms with Crippen LogP contribution in [0.4, 0.5) is 0 Å². The quantitative estimate of drug-likeness (QED) is 0.364. The summed E-state index contributed by atoms with van der Waals surface area (Å²) in [6, 6.07) is 17.5. The molecule has 0 spiro atoms. The minimum atomic E-state index is -0.312. The molecule has 0 aromatic heterocycles. The lowest BCUT2D eigenvalue weighted by Gasteiger charge is -2.17. The van der Waals surface area contributed by atoms with Gasteiger partial charge in [-0.2, -0.15) is 5.26 Å². The first kappa shape index (κ1) is 20.5. The lowest BCUT2D eigenvalue weighted by molar-refractivity contribution is -0.142. The molecule has 0 radical (unpaired) electrons. The van der Waals surface area contributed by atoms with E-state index < -0.39 is 0 Å². The van der Waals surface area contributed by atoms with Crippen LogP contribution in [0.5, 0.6) is 5.75 Å². The van der Waals surface area contributed by atoms with Crippen molar-refractivity contribution in [2.24, 2.45) is 11.8 Å². The van der Waals surface area contributed by atoms with Gasteiger partial charge in [0, 0.05) is 6.54 Å². The van der Waals surface area contributed by atoms with Crippen molar-refractivity contribution >= 4 is 11.8 Å². The molecule has 6 heteroatoms. The molecule has 6 nitrogen and oxygen atoms in total. The van der Waals surface area contributed by atoms with E-state index in [1.54, 1.807) is 0 Å². The minimum Gasteiger partial charge on any atom is -0.494 e. The topological polar surface area (TPSA) is 79.6 Å². The lowest BCUT2D eigenvalue weighted by atomic mass is 9.85. The van der Waals surface area contributed by atoms with E-state index in [4.69, 9.17) is 14.7 Å². The maximum Gasteiger partial charge on any atom is 0.236 e. The summed E-state index contributed by atoms with van der Waals surface area (Å²) in [6.07, 6.45) is 5.91. The van der Waals surface area contributed by atoms with Gasteiger partial charge < -0.3 is 9.47 Å². The molecule has 162 valence electrons. The SMILES string of the molecule is N#Cc1ccc(-c2ccc(OCCCCCN3C(=O)C4C5C=CC(O5)C4C3=O)cc2)cc1. The second-order valence-corrected chi connectivity index (χ2v) is 8.45. The van der Waals surface area contributed by atoms with Gasteiger partial charge in [-0.3, -0.25) is 14.5 Å². The van der Waals surface area contributed by atoms with Crippen LogP contribution in [0.25, 0.3) is 11.1 Å². The highest BCUT2D eigenvalue weighted by Crippen LogP contribution is 2.45. The van der Waals surface area contributed by atoms with E-state index in [1.807, 2.05) is 60.7 Å². The van der Waals surface area contributed by atoms with Crippen LogP contribution in [0, 0.1) is 23.2 Å². The third kappa shape index (κ3) is 3.69. The number of nitriles is 1. The van der Waals surface area contributed by atoms with Crippen LogP contribution in [0.15, 0.2) is 60.7 Å². The summed E-state index contributed by atoms with van der Waals surface area (Å²) < 4.78 is 11.5. The highest BCUT2D eigenvalue weighted by atomic mass is 16.5. The molecule has 0 aliphatic carbocycles. The van der Waals surface area contributed by atoms with Gasteiger partial charge in [0.15, 0.2) is 0 Å². The number of carbonyl (C=O) groups excluding carboxylic acids is 2. The van der Waals surface area contributed by atoms with E-state index in [9.17, 15) is 9.59 Å². The minimum absolute atomic E-state index is 0.0737. The molecule has 4 unspecified atom stereocenters. The number of unbranched alkanes of at least 4 members (excludes halogenated alkanes) is 2. The highest BCUT2D eigenvalue weighted by Gasteiger charge is 2.60. The van der Waals surface area contributed by atoms with E-state index in [-0.39, 0.29) is 35.9 Å². The molecule has 0 saturated carbocycles. The van der Waals surface area contributed by atoms with Crippen molar-refractivity contribution in [2.75, 3.05) is 13.2 Å². The molecule has 3 aliphatic rings. The van der Waals surface area contributed by atoms with Crippen LogP contribution in [-0.4, -0.2) is 42.1 Å². The molecule has 2 bridgehead atoms. The fraction of sp³-hybridized carbons (Fsp3) is 0.346. The molecular weight excluding hydrogens is 404 g/mol. The van der Waals surface area contributed by atoms with Crippen molar-refractivity contribution in [2.45, 2.75) is 31.5 Å². The van der Waals surface area contributed by atoms with E-state index in [0.29, 0.717) is 18.7 Å². The number of imide groups is 1. The van der Waals surface area contributed by atoms with Gasteiger partial charge >= 0.3 is 0 Å². The predicted octanol–water partition coefficient (Wildman–Crippen LogP) is 3.71. The Morgan fingerprint density at radius 3 is 2.03 bits per heavy atom. The van der Waals surface area contributed by atoms with Gasteiger partial charge in [0.25, 0.3) is 0 Å². The first-order valence-corrected chi connectivity index (χ1v) is 11.1. The molecule has 2 saturated heterocycles. The van der Waals surface area contributed by atoms with Gasteiger partial charge in [0.1, 0.15) is 5.75 Å². The normalized spacial score (nSPS) is 25.3. The second kappa shape index (κ2) is 8.60. The monoisotopic (exact) mass is 428 g/mol. The molecule has 3 aliphatic heterocycles. The van der Waals surface area contributed by atoms with Crippen LogP contribution in [0.2, 0.25) is 0 Å². The molecular formula is C26H24N2O4. The molecule has 2 aromatic carbocycles. The van der Waals surface area contributed by atoms with Crippen molar-refractivity contribution in [1.29, 1.82) is 5.26 Å². The number of ether oxygens (including phenoxy) is 2. The average molecular weight is 428 g/mol. The number of benzene rings is 2. The van der Waals surface area contributed by atoms with Crippen LogP contribution in [0.1, 0.15) is 24.8 Å². The summed E-state index contributed by atoms with van der Waals surface area (Å²) in [4.78, 5) is 26.7. The highest BCUT2D eigenvalue weighted by molar-refractivity contribution is 6.06. The van der Waals surface area contributed by atoms with Gasteiger partial charge in [-0.15, -0.1) is 0 Å². The van der Waals surface area contributed by atoms with E-state index in [1.165, 1.54) is 4.90 Å². The van der Waals surface area contributed by atoms with Crippen LogP contribution >= 0.6 is 0 Å². The van der Waals surface area contributed by atoms with Crippen molar-refractivity contribution in [3.8, 4) is 22.9 Å². The van der Waals surface area contributed by atoms with E-state index in [2.05, 4.69) is 6.07 Å². The summed E-state index contributed by atoms with van der Waals surface area (Å²) in [7, 11) is 0. The molecule has 32 heavy (non-hydrogen) atoms. The Kier molecular flexibility index (Phi) is 5.50. The number of hydrogen-bond donors (Lipinski definition) is 0. The van der Waals surface area contributed by atoms with Crippen LogP contribution in [0.3, 0.4) is 0 Å². The van der Waals surface area contributed by atoms with Gasteiger partial charge in [0.2, 0.25) is 11.8 Å². The van der Waals surface area contributed by atoms with E-state index >= 15 is 0 Å². The zero-order valence-corrected chi connectivity index (χ0v) is 17.6. The zero-order valence-electron chi connectivity index (χ0n) is 17.6. The van der Waals surface area contributed by atoms with Gasteiger partial charge in [-0.05, 0) is 54.7 Å². The number of amides is 2. The summed E-state index contributed by atoms with van der Waals surface area (Å²) in [5.41, 5.74) is 2.77. The fourth-order valence-electron chi connectivity index (χ4n) is 4.81. The summed E-state index contributed by atoms with van der Waals surface area (Å²) in [6.45, 7) is 1.06. The molecule has 4 atom stereocenters. The smallest absolute Gasteiger partial charge is 0.236 e. The van der Waals surface area contributed by atoms with Gasteiger partial charge in [0.05, 0.1) is 42.3 Å². The lowest BCUT2D eigenvalue weighted by Crippen LogP contribution is -2.35. The standard InChI is InChI=1S/C26H24N2O4/c27-16-17-4-6-18(7-5-17)19-8-10-20(11-9-19)31-15-3-1-2-14-28-25(29)23-21-12-13-22(32-21)24(23)26(28)30/h4-13,21-24H,1-3,14-15H2. The van der Waals surface area contributed by atoms with E-state index in [0.717, 1.165) is 36.1 Å². The van der Waals surface area contributed by atoms with Crippen molar-refractivity contribution in [1.82, 2.24) is 4.90 Å². The van der Waals surface area contributed by atoms with Crippen LogP contribution < -0.4 is 4.74 Å². The molecule has 2 aromatic rings. The first-order chi connectivity index (χ1) is 15.7. The Hall–Kier alpha value is -3.43. The number of likely N-dealkylation sites (tertiary alicyclic amines) is 1. The molecule has 2 amide bonds. The van der Waals surface area contributed by atoms with Crippen molar-refractivity contribution < 1.29 is 19.1 Å². The summed E-state index contributed by atoms with van der Waals surface area (Å²) in [5, 5.41) is 8.90. The number of rotatable bonds is 8. The Morgan fingerprint density at radius 1 is 0.844 bits per heavy atom. The van der Waals surface area contributed by atoms with Gasteiger partial charge in [-0.1, -0.05) is 36.4 Å². The largest absolute Gasteiger partial charge is 0.494 e. The van der Waals surface area contributed by atoms with Crippen molar-refractivity contribution in [3.05, 3.63) is 66.2 Å². The zero-order chi connectivity index (χ0) is 22.1. The van der Waals surface area contributed by atoms with Gasteiger partial charge in [-0.25, -0.2) is 0 Å². The van der Waals surface area contributed by atoms with Crippen LogP contribution in [-0.2, 0) is 14.3 Å². The molecule has 3 heterocycles. The third-order valence-corrected chi connectivity index (χ3v) is 6.50. The number of fused-ring (bicyclic) bond motifs is 5. The molecule has 5 rings (SSSR count). The predicted molar refractivity (Wildman–Crippen MR) is 117 cm³/mol. The molecule has 0 N–H and O–H groups in total. The maximum atomic E-state index is 12.6. The Bertz CT molecular complexity index is 1050. The first-order valence-electron chi connectivity index (χ1n) is 11.1. The fourth-order valence-corrected chi connectivity index (χ4v) is 4.81. The maximum absolute atomic E-state index is 12.6.